The fourth-order valence-electron chi connectivity index (χ4n) is 2.77. The second kappa shape index (κ2) is 9.67. The highest BCUT2D eigenvalue weighted by Gasteiger charge is 2.19. The monoisotopic (exact) mass is 463 g/mol. The molecule has 9 nitrogen and oxygen atoms in total. The molecule has 0 aliphatic heterocycles. The van der Waals surface area contributed by atoms with Crippen molar-refractivity contribution < 1.29 is 19.1 Å². The molecule has 0 saturated heterocycles. The van der Waals surface area contributed by atoms with Crippen LogP contribution in [0.1, 0.15) is 16.2 Å². The molecule has 0 aliphatic rings. The summed E-state index contributed by atoms with van der Waals surface area (Å²) in [6.07, 6.45) is 0. The summed E-state index contributed by atoms with van der Waals surface area (Å²) in [6.45, 7) is 1.48. The summed E-state index contributed by atoms with van der Waals surface area (Å²) in [7, 11) is 3.02. The van der Waals surface area contributed by atoms with Gasteiger partial charge in [0.1, 0.15) is 18.0 Å². The number of carbonyl (C=O) groups excluding carboxylic acids is 2. The molecule has 2 aromatic carbocycles. The highest BCUT2D eigenvalue weighted by atomic mass is 35.5. The molecule has 1 aromatic heterocycles. The third-order valence-electron chi connectivity index (χ3n) is 4.29. The van der Waals surface area contributed by atoms with Gasteiger partial charge in [0, 0.05) is 21.8 Å². The molecule has 0 atom stereocenters. The largest absolute Gasteiger partial charge is 0.497 e. The van der Waals surface area contributed by atoms with Gasteiger partial charge in [-0.15, -0.1) is 5.10 Å². The Balaban J connectivity index is 1.71. The predicted molar refractivity (Wildman–Crippen MR) is 117 cm³/mol. The van der Waals surface area contributed by atoms with E-state index in [-0.39, 0.29) is 18.1 Å². The molecule has 0 radical (unpaired) electrons. The Kier molecular flexibility index (Phi) is 6.98. The van der Waals surface area contributed by atoms with E-state index >= 15 is 0 Å². The molecule has 2 N–H and O–H groups in total. The standard InChI is InChI=1S/C20H19Cl2N5O4/c1-11-19(20(29)23-14-7-12(21)6-13(22)8-14)25-26-27(11)10-18(28)24-16-9-15(30-2)4-5-17(16)31-3/h4-9H,10H2,1-3H3,(H,23,29)(H,24,28). The zero-order chi connectivity index (χ0) is 22.5. The first-order valence-electron chi connectivity index (χ1n) is 9.00. The third kappa shape index (κ3) is 5.44. The number of hydrogen-bond donors (Lipinski definition) is 2. The highest BCUT2D eigenvalue weighted by Crippen LogP contribution is 2.29. The second-order valence-corrected chi connectivity index (χ2v) is 7.28. The number of nitrogens with zero attached hydrogens (tertiary/aromatic N) is 3. The van der Waals surface area contributed by atoms with E-state index < -0.39 is 5.91 Å². The van der Waals surface area contributed by atoms with E-state index in [1.165, 1.54) is 18.9 Å². The van der Waals surface area contributed by atoms with Crippen LogP contribution >= 0.6 is 23.2 Å². The van der Waals surface area contributed by atoms with E-state index in [1.807, 2.05) is 0 Å². The number of hydrogen-bond acceptors (Lipinski definition) is 6. The number of carbonyl (C=O) groups is 2. The fraction of sp³-hybridized carbons (Fsp3) is 0.200. The van der Waals surface area contributed by atoms with E-state index in [4.69, 9.17) is 32.7 Å². The number of halogens is 2. The van der Waals surface area contributed by atoms with Crippen LogP contribution in [0, 0.1) is 6.92 Å². The lowest BCUT2D eigenvalue weighted by Crippen LogP contribution is -2.21. The van der Waals surface area contributed by atoms with Crippen LogP contribution in [0.15, 0.2) is 36.4 Å². The van der Waals surface area contributed by atoms with Gasteiger partial charge in [0.05, 0.1) is 25.6 Å². The van der Waals surface area contributed by atoms with Crippen LogP contribution in [0.2, 0.25) is 10.0 Å². The Bertz CT molecular complexity index is 1110. The van der Waals surface area contributed by atoms with Crippen molar-refractivity contribution in [3.05, 3.63) is 57.8 Å². The van der Waals surface area contributed by atoms with Crippen molar-refractivity contribution in [3.63, 3.8) is 0 Å². The Morgan fingerprint density at radius 1 is 1.03 bits per heavy atom. The molecule has 31 heavy (non-hydrogen) atoms. The third-order valence-corrected chi connectivity index (χ3v) is 4.73. The molecule has 2 amide bonds. The van der Waals surface area contributed by atoms with E-state index in [1.54, 1.807) is 43.3 Å². The summed E-state index contributed by atoms with van der Waals surface area (Å²) in [4.78, 5) is 25.1. The summed E-state index contributed by atoms with van der Waals surface area (Å²) in [6, 6.07) is 9.70. The number of ether oxygens (including phenoxy) is 2. The van der Waals surface area contributed by atoms with Crippen molar-refractivity contribution >= 4 is 46.4 Å². The molecule has 11 heteroatoms. The minimum atomic E-state index is -0.503. The Labute approximate surface area is 188 Å². The van der Waals surface area contributed by atoms with Gasteiger partial charge in [0.15, 0.2) is 5.69 Å². The zero-order valence-corrected chi connectivity index (χ0v) is 18.4. The van der Waals surface area contributed by atoms with Crippen LogP contribution < -0.4 is 20.1 Å². The predicted octanol–water partition coefficient (Wildman–Crippen LogP) is 3.80. The molecule has 0 fully saturated rings. The van der Waals surface area contributed by atoms with Gasteiger partial charge in [-0.05, 0) is 37.3 Å². The minimum Gasteiger partial charge on any atom is -0.497 e. The van der Waals surface area contributed by atoms with Gasteiger partial charge in [-0.3, -0.25) is 9.59 Å². The topological polar surface area (TPSA) is 107 Å². The van der Waals surface area contributed by atoms with Crippen molar-refractivity contribution in [1.29, 1.82) is 0 Å². The smallest absolute Gasteiger partial charge is 0.278 e. The molecular formula is C20H19Cl2N5O4. The van der Waals surface area contributed by atoms with Crippen molar-refractivity contribution in [1.82, 2.24) is 15.0 Å². The van der Waals surface area contributed by atoms with Crippen LogP contribution in [-0.2, 0) is 11.3 Å². The quantitative estimate of drug-likeness (QED) is 0.551. The summed E-state index contributed by atoms with van der Waals surface area (Å²) < 4.78 is 11.7. The van der Waals surface area contributed by atoms with Crippen molar-refractivity contribution in [2.75, 3.05) is 24.9 Å². The maximum atomic E-state index is 12.6. The molecule has 0 bridgehead atoms. The molecule has 0 unspecified atom stereocenters. The van der Waals surface area contributed by atoms with Gasteiger partial charge in [0.25, 0.3) is 5.91 Å². The van der Waals surface area contributed by atoms with Crippen molar-refractivity contribution in [3.8, 4) is 11.5 Å². The summed E-state index contributed by atoms with van der Waals surface area (Å²) in [5.41, 5.74) is 1.35. The summed E-state index contributed by atoms with van der Waals surface area (Å²) in [5.74, 6) is 0.155. The number of amides is 2. The number of benzene rings is 2. The lowest BCUT2D eigenvalue weighted by Gasteiger charge is -2.12. The first kappa shape index (κ1) is 22.4. The maximum absolute atomic E-state index is 12.6. The van der Waals surface area contributed by atoms with Crippen LogP contribution in [0.5, 0.6) is 11.5 Å². The van der Waals surface area contributed by atoms with Gasteiger partial charge in [-0.25, -0.2) is 4.68 Å². The molecule has 3 aromatic rings. The van der Waals surface area contributed by atoms with Gasteiger partial charge in [-0.2, -0.15) is 0 Å². The molecule has 162 valence electrons. The first-order valence-corrected chi connectivity index (χ1v) is 9.75. The van der Waals surface area contributed by atoms with Crippen LogP contribution in [0.25, 0.3) is 0 Å². The normalized spacial score (nSPS) is 10.5. The minimum absolute atomic E-state index is 0.0721. The van der Waals surface area contributed by atoms with Crippen LogP contribution in [-0.4, -0.2) is 41.0 Å². The van der Waals surface area contributed by atoms with E-state index in [9.17, 15) is 9.59 Å². The zero-order valence-electron chi connectivity index (χ0n) is 16.9. The molecule has 0 saturated carbocycles. The molecule has 1 heterocycles. The highest BCUT2D eigenvalue weighted by molar-refractivity contribution is 6.35. The van der Waals surface area contributed by atoms with E-state index in [2.05, 4.69) is 20.9 Å². The lowest BCUT2D eigenvalue weighted by atomic mass is 10.2. The van der Waals surface area contributed by atoms with Gasteiger partial charge < -0.3 is 20.1 Å². The number of aromatic nitrogens is 3. The van der Waals surface area contributed by atoms with Gasteiger partial charge in [0.2, 0.25) is 5.91 Å². The number of rotatable bonds is 7. The Morgan fingerprint density at radius 2 is 1.74 bits per heavy atom. The number of anilines is 2. The number of nitrogens with one attached hydrogen (secondary N) is 2. The maximum Gasteiger partial charge on any atom is 0.278 e. The van der Waals surface area contributed by atoms with Crippen molar-refractivity contribution in [2.24, 2.45) is 0 Å². The molecule has 3 rings (SSSR count). The number of methoxy groups -OCH3 is 2. The lowest BCUT2D eigenvalue weighted by molar-refractivity contribution is -0.117. The average Bonchev–Trinajstić information content (AvgIpc) is 3.07. The van der Waals surface area contributed by atoms with Crippen molar-refractivity contribution in [2.45, 2.75) is 13.5 Å². The Morgan fingerprint density at radius 3 is 2.39 bits per heavy atom. The summed E-state index contributed by atoms with van der Waals surface area (Å²) >= 11 is 11.9. The van der Waals surface area contributed by atoms with Gasteiger partial charge >= 0.3 is 0 Å². The summed E-state index contributed by atoms with van der Waals surface area (Å²) in [5, 5.41) is 14.0. The van der Waals surface area contributed by atoms with E-state index in [0.29, 0.717) is 38.6 Å². The molecule has 0 aliphatic carbocycles. The van der Waals surface area contributed by atoms with Gasteiger partial charge in [-0.1, -0.05) is 28.4 Å². The fourth-order valence-corrected chi connectivity index (χ4v) is 3.30. The molecular weight excluding hydrogens is 445 g/mol. The Hall–Kier alpha value is -3.30. The van der Waals surface area contributed by atoms with Crippen LogP contribution in [0.4, 0.5) is 11.4 Å². The van der Waals surface area contributed by atoms with E-state index in [0.717, 1.165) is 0 Å². The first-order chi connectivity index (χ1) is 14.8. The second-order valence-electron chi connectivity index (χ2n) is 6.41. The SMILES string of the molecule is COc1ccc(OC)c(NC(=O)Cn2nnc(C(=O)Nc3cc(Cl)cc(Cl)c3)c2C)c1. The van der Waals surface area contributed by atoms with Crippen LogP contribution in [0.3, 0.4) is 0 Å². The molecule has 0 spiro atoms. The average molecular weight is 464 g/mol.